The minimum Gasteiger partial charge on any atom is -0.507 e. The molecular formula is C33H36BrN5O5S. The third-order valence-corrected chi connectivity index (χ3v) is 8.76. The molecule has 1 saturated heterocycles. The second-order valence-electron chi connectivity index (χ2n) is 11.9. The van der Waals surface area contributed by atoms with Crippen LogP contribution in [-0.2, 0) is 21.4 Å². The van der Waals surface area contributed by atoms with Gasteiger partial charge in [0.05, 0.1) is 0 Å². The van der Waals surface area contributed by atoms with E-state index in [4.69, 9.17) is 4.74 Å². The van der Waals surface area contributed by atoms with Gasteiger partial charge in [-0.2, -0.15) is 5.10 Å². The molecule has 3 N–H and O–H groups in total. The zero-order valence-corrected chi connectivity index (χ0v) is 27.9. The lowest BCUT2D eigenvalue weighted by Gasteiger charge is -2.37. The number of alkyl carbamates (subject to hydrolysis) is 1. The summed E-state index contributed by atoms with van der Waals surface area (Å²) in [5.74, 6) is -0.520. The molecule has 5 rings (SSSR count). The Bertz CT molecular complexity index is 1680. The molecule has 0 radical (unpaired) electrons. The first-order chi connectivity index (χ1) is 21.4. The molecule has 236 valence electrons. The second kappa shape index (κ2) is 13.5. The van der Waals surface area contributed by atoms with E-state index < -0.39 is 23.8 Å². The summed E-state index contributed by atoms with van der Waals surface area (Å²) in [5.41, 5.74) is 2.77. The molecule has 2 aromatic carbocycles. The number of nitrogens with zero attached hydrogens (tertiary/aromatic N) is 3. The summed E-state index contributed by atoms with van der Waals surface area (Å²) in [6.07, 6.45) is 3.25. The molecule has 12 heteroatoms. The first-order valence-electron chi connectivity index (χ1n) is 14.7. The molecule has 0 aliphatic carbocycles. The lowest BCUT2D eigenvalue weighted by Crippen LogP contribution is -2.53. The molecule has 0 spiro atoms. The zero-order chi connectivity index (χ0) is 32.3. The number of carbonyl (C=O) groups is 3. The van der Waals surface area contributed by atoms with Crippen molar-refractivity contribution in [1.29, 1.82) is 0 Å². The van der Waals surface area contributed by atoms with E-state index in [1.54, 1.807) is 60.7 Å². The Morgan fingerprint density at radius 1 is 1.09 bits per heavy atom. The molecule has 4 aromatic rings. The third-order valence-electron chi connectivity index (χ3n) is 7.33. The molecule has 2 atom stereocenters. The number of aryl methyl sites for hydroxylation is 1. The highest BCUT2D eigenvalue weighted by Crippen LogP contribution is 2.37. The quantitative estimate of drug-likeness (QED) is 0.194. The van der Waals surface area contributed by atoms with E-state index in [2.05, 4.69) is 31.7 Å². The Kier molecular flexibility index (Phi) is 9.64. The number of thiophene rings is 1. The number of phenolic OH excluding ortho intramolecular Hbond substituents is 1. The van der Waals surface area contributed by atoms with Crippen molar-refractivity contribution < 1.29 is 24.2 Å². The van der Waals surface area contributed by atoms with E-state index >= 15 is 0 Å². The standard InChI is InChI=1S/C33H36BrN5O5S/c1-33(2,3)44-32(43)36-29(27-9-7-17-45-27)31(42)39-16-6-5-8-25(39)30(41)35-22-13-10-20(11-14-22)24-19-38(4)37-28(24)23-18-21(34)12-15-26(23)40/h7,9-15,17-19,25,29,40H,5-6,8,16H2,1-4H3,(H,35,41)(H,36,43)/t25-,29+/m0/s1. The van der Waals surface area contributed by atoms with Crippen LogP contribution in [-0.4, -0.2) is 55.9 Å². The van der Waals surface area contributed by atoms with E-state index in [0.29, 0.717) is 34.8 Å². The number of carbonyl (C=O) groups excluding carboxylic acids is 3. The Labute approximate surface area is 274 Å². The van der Waals surface area contributed by atoms with Gasteiger partial charge in [0.2, 0.25) is 5.91 Å². The van der Waals surface area contributed by atoms with Gasteiger partial charge in [0, 0.05) is 46.0 Å². The van der Waals surface area contributed by atoms with Gasteiger partial charge in [-0.15, -0.1) is 11.3 Å². The summed E-state index contributed by atoms with van der Waals surface area (Å²) >= 11 is 4.82. The van der Waals surface area contributed by atoms with Gasteiger partial charge in [-0.3, -0.25) is 14.3 Å². The van der Waals surface area contributed by atoms with Gasteiger partial charge in [0.15, 0.2) is 0 Å². The maximum atomic E-state index is 13.9. The molecule has 3 heterocycles. The van der Waals surface area contributed by atoms with Gasteiger partial charge < -0.3 is 25.4 Å². The summed E-state index contributed by atoms with van der Waals surface area (Å²) in [6, 6.07) is 14.5. The van der Waals surface area contributed by atoms with Gasteiger partial charge >= 0.3 is 6.09 Å². The molecule has 10 nitrogen and oxygen atoms in total. The fourth-order valence-corrected chi connectivity index (χ4v) is 6.45. The molecule has 1 aliphatic heterocycles. The number of amides is 3. The maximum absolute atomic E-state index is 13.9. The van der Waals surface area contributed by atoms with E-state index in [0.717, 1.165) is 28.4 Å². The Balaban J connectivity index is 1.33. The topological polar surface area (TPSA) is 126 Å². The first-order valence-corrected chi connectivity index (χ1v) is 16.3. The minimum atomic E-state index is -0.967. The second-order valence-corrected chi connectivity index (χ2v) is 13.8. The predicted octanol–water partition coefficient (Wildman–Crippen LogP) is 6.87. The number of halogens is 1. The number of nitrogens with one attached hydrogen (secondary N) is 2. The van der Waals surface area contributed by atoms with Crippen LogP contribution in [0.15, 0.2) is 70.6 Å². The highest BCUT2D eigenvalue weighted by molar-refractivity contribution is 9.10. The lowest BCUT2D eigenvalue weighted by molar-refractivity contribution is -0.142. The van der Waals surface area contributed by atoms with E-state index in [1.165, 1.54) is 11.3 Å². The van der Waals surface area contributed by atoms with Crippen molar-refractivity contribution in [1.82, 2.24) is 20.0 Å². The number of aromatic hydroxyl groups is 1. The number of likely N-dealkylation sites (tertiary alicyclic amines) is 1. The summed E-state index contributed by atoms with van der Waals surface area (Å²) < 4.78 is 7.94. The van der Waals surface area contributed by atoms with Crippen molar-refractivity contribution in [3.05, 3.63) is 75.5 Å². The summed E-state index contributed by atoms with van der Waals surface area (Å²) in [7, 11) is 1.82. The molecule has 0 unspecified atom stereocenters. The summed E-state index contributed by atoms with van der Waals surface area (Å²) in [5, 5.41) is 22.6. The molecular weight excluding hydrogens is 658 g/mol. The monoisotopic (exact) mass is 693 g/mol. The third kappa shape index (κ3) is 7.74. The summed E-state index contributed by atoms with van der Waals surface area (Å²) in [6.45, 7) is 5.68. The Morgan fingerprint density at radius 2 is 1.84 bits per heavy atom. The van der Waals surface area contributed by atoms with Crippen LogP contribution in [0.1, 0.15) is 51.0 Å². The van der Waals surface area contributed by atoms with Gasteiger partial charge in [0.25, 0.3) is 5.91 Å². The van der Waals surface area contributed by atoms with Crippen LogP contribution in [0.3, 0.4) is 0 Å². The predicted molar refractivity (Wildman–Crippen MR) is 178 cm³/mol. The van der Waals surface area contributed by atoms with Crippen LogP contribution in [0.2, 0.25) is 0 Å². The fourth-order valence-electron chi connectivity index (χ4n) is 5.32. The van der Waals surface area contributed by atoms with Gasteiger partial charge in [0.1, 0.15) is 29.1 Å². The number of phenols is 1. The average Bonchev–Trinajstić information content (AvgIpc) is 3.66. The highest BCUT2D eigenvalue weighted by Gasteiger charge is 2.38. The molecule has 2 aromatic heterocycles. The number of rotatable bonds is 7. The Hall–Kier alpha value is -4.16. The lowest BCUT2D eigenvalue weighted by atomic mass is 9.99. The van der Waals surface area contributed by atoms with E-state index in [9.17, 15) is 19.5 Å². The highest BCUT2D eigenvalue weighted by atomic mass is 79.9. The molecule has 3 amide bonds. The maximum Gasteiger partial charge on any atom is 0.408 e. The Morgan fingerprint density at radius 3 is 2.53 bits per heavy atom. The van der Waals surface area contributed by atoms with Crippen molar-refractivity contribution >= 4 is 50.9 Å². The van der Waals surface area contributed by atoms with Crippen LogP contribution >= 0.6 is 27.3 Å². The van der Waals surface area contributed by atoms with Gasteiger partial charge in [-0.1, -0.05) is 34.1 Å². The normalized spacial score (nSPS) is 15.8. The molecule has 45 heavy (non-hydrogen) atoms. The smallest absolute Gasteiger partial charge is 0.408 e. The fraction of sp³-hybridized carbons (Fsp3) is 0.333. The average molecular weight is 695 g/mol. The van der Waals surface area contributed by atoms with Crippen molar-refractivity contribution in [3.8, 4) is 28.1 Å². The van der Waals surface area contributed by atoms with Crippen LogP contribution in [0.4, 0.5) is 10.5 Å². The minimum absolute atomic E-state index is 0.122. The number of hydrogen-bond acceptors (Lipinski definition) is 7. The van der Waals surface area contributed by atoms with Crippen molar-refractivity contribution in [2.45, 2.75) is 57.7 Å². The SMILES string of the molecule is Cn1cc(-c2ccc(NC(=O)[C@@H]3CCCCN3C(=O)[C@H](NC(=O)OC(C)(C)C)c3cccs3)cc2)c(-c2cc(Br)ccc2O)n1. The van der Waals surface area contributed by atoms with E-state index in [-0.39, 0.29) is 17.6 Å². The number of hydrogen-bond donors (Lipinski definition) is 3. The number of benzene rings is 2. The van der Waals surface area contributed by atoms with Crippen molar-refractivity contribution in [3.63, 3.8) is 0 Å². The molecule has 0 saturated carbocycles. The van der Waals surface area contributed by atoms with Crippen LogP contribution in [0.5, 0.6) is 5.75 Å². The van der Waals surface area contributed by atoms with Crippen LogP contribution in [0.25, 0.3) is 22.4 Å². The van der Waals surface area contributed by atoms with Crippen LogP contribution < -0.4 is 10.6 Å². The van der Waals surface area contributed by atoms with E-state index in [1.807, 2.05) is 42.9 Å². The number of ether oxygens (including phenoxy) is 1. The molecule has 1 aliphatic rings. The first kappa shape index (κ1) is 32.2. The largest absolute Gasteiger partial charge is 0.507 e. The molecule has 0 bridgehead atoms. The van der Waals surface area contributed by atoms with Gasteiger partial charge in [-0.25, -0.2) is 4.79 Å². The van der Waals surface area contributed by atoms with Crippen LogP contribution in [0, 0.1) is 0 Å². The summed E-state index contributed by atoms with van der Waals surface area (Å²) in [4.78, 5) is 42.4. The zero-order valence-electron chi connectivity index (χ0n) is 25.5. The molecule has 1 fully saturated rings. The number of piperidine rings is 1. The van der Waals surface area contributed by atoms with Crippen molar-refractivity contribution in [2.75, 3.05) is 11.9 Å². The van der Waals surface area contributed by atoms with Gasteiger partial charge in [-0.05, 0) is 87.4 Å². The van der Waals surface area contributed by atoms with Crippen molar-refractivity contribution in [2.24, 2.45) is 7.05 Å². The number of anilines is 1. The number of aromatic nitrogens is 2.